The highest BCUT2D eigenvalue weighted by Gasteiger charge is 2.27. The number of ether oxygens (including phenoxy) is 1. The molecule has 0 fully saturated rings. The Kier molecular flexibility index (Phi) is 5.24. The van der Waals surface area contributed by atoms with Crippen molar-refractivity contribution in [1.82, 2.24) is 4.98 Å². The quantitative estimate of drug-likeness (QED) is 0.672. The van der Waals surface area contributed by atoms with E-state index in [-0.39, 0.29) is 12.0 Å². The van der Waals surface area contributed by atoms with Crippen LogP contribution >= 0.6 is 0 Å². The molecule has 0 saturated carbocycles. The summed E-state index contributed by atoms with van der Waals surface area (Å²) in [7, 11) is 0. The van der Waals surface area contributed by atoms with Gasteiger partial charge in [-0.05, 0) is 48.7 Å². The summed E-state index contributed by atoms with van der Waals surface area (Å²) in [5.74, 6) is 0.881. The van der Waals surface area contributed by atoms with Crippen LogP contribution < -0.4 is 10.1 Å². The number of aryl methyl sites for hydroxylation is 2. The minimum Gasteiger partial charge on any atom is -0.439 e. The van der Waals surface area contributed by atoms with Crippen LogP contribution in [0.4, 0.5) is 5.69 Å². The van der Waals surface area contributed by atoms with Crippen molar-refractivity contribution in [2.24, 2.45) is 5.16 Å². The standard InChI is InChI=1S/C23H21N3O3/c1-15-8-10-19(12-16(15)2)28-22-11-9-18(14-24-22)25-23(27)20-13-21(29-26-20)17-6-4-3-5-7-17/h3-12,14,21H,13H2,1-2H3,(H,25,27). The molecular formula is C23H21N3O3. The van der Waals surface area contributed by atoms with Crippen molar-refractivity contribution in [3.63, 3.8) is 0 Å². The van der Waals surface area contributed by atoms with Crippen LogP contribution in [-0.2, 0) is 9.63 Å². The van der Waals surface area contributed by atoms with Crippen LogP contribution in [0, 0.1) is 13.8 Å². The Morgan fingerprint density at radius 2 is 1.90 bits per heavy atom. The monoisotopic (exact) mass is 387 g/mol. The molecule has 6 nitrogen and oxygen atoms in total. The summed E-state index contributed by atoms with van der Waals surface area (Å²) < 4.78 is 5.77. The minimum atomic E-state index is -0.298. The maximum absolute atomic E-state index is 12.5. The molecule has 1 amide bonds. The predicted molar refractivity (Wildman–Crippen MR) is 111 cm³/mol. The molecule has 2 heterocycles. The lowest BCUT2D eigenvalue weighted by Crippen LogP contribution is -2.21. The minimum absolute atomic E-state index is 0.233. The summed E-state index contributed by atoms with van der Waals surface area (Å²) in [5.41, 5.74) is 4.27. The van der Waals surface area contributed by atoms with Crippen molar-refractivity contribution in [1.29, 1.82) is 0 Å². The number of pyridine rings is 1. The first-order chi connectivity index (χ1) is 14.1. The number of carbonyl (C=O) groups excluding carboxylic acids is 1. The number of carbonyl (C=O) groups is 1. The second-order valence-corrected chi connectivity index (χ2v) is 6.93. The van der Waals surface area contributed by atoms with Gasteiger partial charge in [-0.2, -0.15) is 0 Å². The average Bonchev–Trinajstić information content (AvgIpc) is 3.23. The van der Waals surface area contributed by atoms with Crippen molar-refractivity contribution in [2.75, 3.05) is 5.32 Å². The topological polar surface area (TPSA) is 72.8 Å². The molecule has 1 aliphatic heterocycles. The Balaban J connectivity index is 1.35. The number of oxime groups is 1. The van der Waals surface area contributed by atoms with Crippen molar-refractivity contribution >= 4 is 17.3 Å². The van der Waals surface area contributed by atoms with Crippen LogP contribution in [0.25, 0.3) is 0 Å². The van der Waals surface area contributed by atoms with Crippen molar-refractivity contribution in [3.8, 4) is 11.6 Å². The molecule has 29 heavy (non-hydrogen) atoms. The number of aromatic nitrogens is 1. The van der Waals surface area contributed by atoms with E-state index in [0.717, 1.165) is 16.9 Å². The number of anilines is 1. The van der Waals surface area contributed by atoms with Gasteiger partial charge in [-0.3, -0.25) is 4.79 Å². The largest absolute Gasteiger partial charge is 0.439 e. The number of nitrogens with zero attached hydrogens (tertiary/aromatic N) is 2. The zero-order valence-corrected chi connectivity index (χ0v) is 16.3. The predicted octanol–water partition coefficient (Wildman–Crippen LogP) is 4.95. The molecule has 1 unspecified atom stereocenters. The van der Waals surface area contributed by atoms with Crippen LogP contribution in [0.3, 0.4) is 0 Å². The van der Waals surface area contributed by atoms with Crippen molar-refractivity contribution in [3.05, 3.63) is 83.6 Å². The van der Waals surface area contributed by atoms with Gasteiger partial charge in [0, 0.05) is 12.5 Å². The van der Waals surface area contributed by atoms with E-state index >= 15 is 0 Å². The lowest BCUT2D eigenvalue weighted by molar-refractivity contribution is -0.110. The Labute approximate surface area is 169 Å². The van der Waals surface area contributed by atoms with Crippen LogP contribution in [-0.4, -0.2) is 16.6 Å². The fraction of sp³-hybridized carbons (Fsp3) is 0.174. The summed E-state index contributed by atoms with van der Waals surface area (Å²) in [6, 6.07) is 19.1. The maximum atomic E-state index is 12.5. The molecule has 1 N–H and O–H groups in total. The van der Waals surface area contributed by atoms with Gasteiger partial charge in [-0.1, -0.05) is 41.6 Å². The molecule has 0 saturated heterocycles. The van der Waals surface area contributed by atoms with E-state index in [2.05, 4.69) is 22.4 Å². The van der Waals surface area contributed by atoms with Crippen LogP contribution in [0.5, 0.6) is 11.6 Å². The van der Waals surface area contributed by atoms with E-state index in [1.807, 2.05) is 55.5 Å². The third kappa shape index (κ3) is 4.43. The number of hydrogen-bond donors (Lipinski definition) is 1. The Hall–Kier alpha value is -3.67. The Morgan fingerprint density at radius 1 is 1.07 bits per heavy atom. The molecule has 0 spiro atoms. The van der Waals surface area contributed by atoms with Crippen molar-refractivity contribution < 1.29 is 14.4 Å². The number of amides is 1. The van der Waals surface area contributed by atoms with Gasteiger partial charge in [0.05, 0.1) is 11.9 Å². The van der Waals surface area contributed by atoms with E-state index < -0.39 is 0 Å². The first kappa shape index (κ1) is 18.7. The maximum Gasteiger partial charge on any atom is 0.273 e. The second kappa shape index (κ2) is 8.14. The fourth-order valence-corrected chi connectivity index (χ4v) is 2.97. The average molecular weight is 387 g/mol. The number of rotatable bonds is 5. The molecule has 0 bridgehead atoms. The SMILES string of the molecule is Cc1ccc(Oc2ccc(NC(=O)C3=NOC(c4ccccc4)C3)cn2)cc1C. The van der Waals surface area contributed by atoms with E-state index in [1.165, 1.54) is 5.56 Å². The summed E-state index contributed by atoms with van der Waals surface area (Å²) in [6.45, 7) is 4.09. The van der Waals surface area contributed by atoms with Gasteiger partial charge in [-0.15, -0.1) is 0 Å². The van der Waals surface area contributed by atoms with Gasteiger partial charge in [0.15, 0.2) is 6.10 Å². The molecule has 4 rings (SSSR count). The molecular weight excluding hydrogens is 366 g/mol. The highest BCUT2D eigenvalue weighted by molar-refractivity contribution is 6.43. The molecule has 1 atom stereocenters. The molecule has 1 aliphatic rings. The van der Waals surface area contributed by atoms with Gasteiger partial charge in [-0.25, -0.2) is 4.98 Å². The Bertz CT molecular complexity index is 1050. The fourth-order valence-electron chi connectivity index (χ4n) is 2.97. The third-order valence-corrected chi connectivity index (χ3v) is 4.80. The van der Waals surface area contributed by atoms with Crippen LogP contribution in [0.15, 0.2) is 72.0 Å². The van der Waals surface area contributed by atoms with Crippen LogP contribution in [0.2, 0.25) is 0 Å². The van der Waals surface area contributed by atoms with Crippen molar-refractivity contribution in [2.45, 2.75) is 26.4 Å². The summed E-state index contributed by atoms with van der Waals surface area (Å²) >= 11 is 0. The summed E-state index contributed by atoms with van der Waals surface area (Å²) in [6.07, 6.45) is 1.75. The van der Waals surface area contributed by atoms with Gasteiger partial charge in [0.2, 0.25) is 5.88 Å². The number of benzene rings is 2. The first-order valence-electron chi connectivity index (χ1n) is 9.38. The van der Waals surface area contributed by atoms with E-state index in [4.69, 9.17) is 9.57 Å². The lowest BCUT2D eigenvalue weighted by Gasteiger charge is -2.09. The lowest BCUT2D eigenvalue weighted by atomic mass is 10.0. The molecule has 2 aromatic carbocycles. The van der Waals surface area contributed by atoms with E-state index in [9.17, 15) is 4.79 Å². The third-order valence-electron chi connectivity index (χ3n) is 4.80. The smallest absolute Gasteiger partial charge is 0.273 e. The van der Waals surface area contributed by atoms with Crippen LogP contribution in [0.1, 0.15) is 29.2 Å². The molecule has 3 aromatic rings. The van der Waals surface area contributed by atoms with Gasteiger partial charge >= 0.3 is 0 Å². The highest BCUT2D eigenvalue weighted by Crippen LogP contribution is 2.27. The van der Waals surface area contributed by atoms with E-state index in [1.54, 1.807) is 18.3 Å². The first-order valence-corrected chi connectivity index (χ1v) is 9.38. The molecule has 0 aliphatic carbocycles. The molecule has 146 valence electrons. The second-order valence-electron chi connectivity index (χ2n) is 6.93. The molecule has 0 radical (unpaired) electrons. The zero-order valence-electron chi connectivity index (χ0n) is 16.3. The summed E-state index contributed by atoms with van der Waals surface area (Å²) in [4.78, 5) is 22.1. The number of nitrogens with one attached hydrogen (secondary N) is 1. The highest BCUT2D eigenvalue weighted by atomic mass is 16.6. The number of hydrogen-bond acceptors (Lipinski definition) is 5. The van der Waals surface area contributed by atoms with Gasteiger partial charge in [0.1, 0.15) is 11.5 Å². The zero-order chi connectivity index (χ0) is 20.2. The van der Waals surface area contributed by atoms with Gasteiger partial charge < -0.3 is 14.9 Å². The van der Waals surface area contributed by atoms with Gasteiger partial charge in [0.25, 0.3) is 5.91 Å². The Morgan fingerprint density at radius 3 is 2.62 bits per heavy atom. The van der Waals surface area contributed by atoms with E-state index in [0.29, 0.717) is 23.7 Å². The summed E-state index contributed by atoms with van der Waals surface area (Å²) in [5, 5.41) is 6.73. The normalized spacial score (nSPS) is 15.4. The molecule has 6 heteroatoms. The molecule has 1 aromatic heterocycles.